The zero-order valence-corrected chi connectivity index (χ0v) is 13.9. The third kappa shape index (κ3) is 6.08. The van der Waals surface area contributed by atoms with Gasteiger partial charge in [-0.05, 0) is 18.2 Å². The maximum absolute atomic E-state index is 12.1. The first-order valence-electron chi connectivity index (χ1n) is 6.61. The minimum absolute atomic E-state index is 0.145. The predicted octanol–water partition coefficient (Wildman–Crippen LogP) is 3.55. The minimum atomic E-state index is -3.13. The molecule has 1 rings (SSSR count). The Labute approximate surface area is 124 Å². The topological polar surface area (TPSA) is 52.6 Å². The van der Waals surface area contributed by atoms with E-state index in [0.717, 1.165) is 37.1 Å². The molecule has 1 aliphatic heterocycles. The Bertz CT molecular complexity index is 378. The van der Waals surface area contributed by atoms with Gasteiger partial charge in [0, 0.05) is 17.8 Å². The van der Waals surface area contributed by atoms with Gasteiger partial charge in [-0.15, -0.1) is 11.8 Å². The van der Waals surface area contributed by atoms with Gasteiger partial charge in [0.15, 0.2) is 9.84 Å². The maximum atomic E-state index is 12.1. The first-order valence-corrected chi connectivity index (χ1v) is 10.1. The Morgan fingerprint density at radius 1 is 1.37 bits per heavy atom. The van der Waals surface area contributed by atoms with Crippen LogP contribution in [0.25, 0.3) is 0 Å². The van der Waals surface area contributed by atoms with Crippen molar-refractivity contribution in [2.24, 2.45) is 0 Å². The number of sulfone groups is 1. The van der Waals surface area contributed by atoms with Crippen molar-refractivity contribution in [1.29, 1.82) is 0 Å². The highest BCUT2D eigenvalue weighted by Crippen LogP contribution is 2.36. The van der Waals surface area contributed by atoms with Crippen LogP contribution < -0.4 is 0 Å². The predicted molar refractivity (Wildman–Crippen MR) is 82.6 cm³/mol. The van der Waals surface area contributed by atoms with Crippen LogP contribution >= 0.6 is 23.8 Å². The molecule has 112 valence electrons. The van der Waals surface area contributed by atoms with E-state index in [1.807, 2.05) is 6.92 Å². The maximum Gasteiger partial charge on any atom is 0.176 e. The van der Waals surface area contributed by atoms with E-state index < -0.39 is 9.84 Å². The Morgan fingerprint density at radius 3 is 2.79 bits per heavy atom. The molecule has 0 aromatic rings. The highest BCUT2D eigenvalue weighted by Gasteiger charge is 2.31. The molecular weight excluding hydrogens is 304 g/mol. The molecule has 1 atom stereocenters. The molecule has 0 saturated carbocycles. The summed E-state index contributed by atoms with van der Waals surface area (Å²) in [7, 11) is -3.13. The number of unbranched alkanes of at least 4 members (excludes halogenated alkanes) is 2. The SMILES string of the molecule is CCCCOOSC1CSC=C1S(=O)(=O)CCCC. The average Bonchev–Trinajstić information content (AvgIpc) is 2.85. The van der Waals surface area contributed by atoms with Gasteiger partial charge < -0.3 is 0 Å². The van der Waals surface area contributed by atoms with Gasteiger partial charge in [0.25, 0.3) is 0 Å². The lowest BCUT2D eigenvalue weighted by Crippen LogP contribution is -2.18. The number of rotatable bonds is 10. The highest BCUT2D eigenvalue weighted by molar-refractivity contribution is 8.07. The van der Waals surface area contributed by atoms with Gasteiger partial charge in [-0.3, -0.25) is 0 Å². The van der Waals surface area contributed by atoms with E-state index in [9.17, 15) is 8.42 Å². The van der Waals surface area contributed by atoms with Crippen LogP contribution in [0.1, 0.15) is 39.5 Å². The molecule has 0 saturated heterocycles. The molecule has 0 aromatic carbocycles. The van der Waals surface area contributed by atoms with Crippen LogP contribution in [0, 0.1) is 0 Å². The Kier molecular flexibility index (Phi) is 8.48. The van der Waals surface area contributed by atoms with E-state index in [1.54, 1.807) is 5.41 Å². The molecule has 0 bridgehead atoms. The van der Waals surface area contributed by atoms with Gasteiger partial charge in [-0.2, -0.15) is 4.33 Å². The van der Waals surface area contributed by atoms with Crippen LogP contribution in [0.3, 0.4) is 0 Å². The largest absolute Gasteiger partial charge is 0.224 e. The molecule has 1 aliphatic rings. The van der Waals surface area contributed by atoms with Gasteiger partial charge in [0.1, 0.15) is 0 Å². The van der Waals surface area contributed by atoms with Crippen molar-refractivity contribution in [3.05, 3.63) is 10.3 Å². The van der Waals surface area contributed by atoms with E-state index in [1.165, 1.54) is 11.8 Å². The molecule has 1 heterocycles. The van der Waals surface area contributed by atoms with Crippen molar-refractivity contribution >= 4 is 33.6 Å². The molecule has 0 radical (unpaired) electrons. The monoisotopic (exact) mass is 326 g/mol. The standard InChI is InChI=1S/C12H22O4S3/c1-3-5-7-15-16-18-11-9-17-10-12(11)19(13,14)8-6-4-2/h10-11H,3-9H2,1-2H3. The second-order valence-corrected chi connectivity index (χ2v) is 8.26. The summed E-state index contributed by atoms with van der Waals surface area (Å²) in [4.78, 5) is 5.51. The molecule has 0 amide bonds. The summed E-state index contributed by atoms with van der Waals surface area (Å²) in [5, 5.41) is 1.60. The lowest BCUT2D eigenvalue weighted by molar-refractivity contribution is -0.191. The normalized spacial score (nSPS) is 19.7. The van der Waals surface area contributed by atoms with Crippen molar-refractivity contribution in [3.63, 3.8) is 0 Å². The zero-order chi connectivity index (χ0) is 14.1. The van der Waals surface area contributed by atoms with Crippen molar-refractivity contribution in [3.8, 4) is 0 Å². The summed E-state index contributed by atoms with van der Waals surface area (Å²) in [6.45, 7) is 4.61. The lowest BCUT2D eigenvalue weighted by Gasteiger charge is -2.12. The van der Waals surface area contributed by atoms with E-state index in [-0.39, 0.29) is 11.0 Å². The molecule has 0 N–H and O–H groups in total. The van der Waals surface area contributed by atoms with Gasteiger partial charge in [-0.25, -0.2) is 13.3 Å². The fourth-order valence-corrected chi connectivity index (χ4v) is 6.04. The number of hydrogen-bond donors (Lipinski definition) is 0. The van der Waals surface area contributed by atoms with Gasteiger partial charge in [0.05, 0.1) is 22.5 Å². The molecule has 0 aromatic heterocycles. The summed E-state index contributed by atoms with van der Waals surface area (Å²) < 4.78 is 29.3. The Balaban J connectivity index is 2.41. The second kappa shape index (κ2) is 9.28. The fourth-order valence-electron chi connectivity index (χ4n) is 1.49. The molecule has 1 unspecified atom stereocenters. The van der Waals surface area contributed by atoms with Gasteiger partial charge in [-0.1, -0.05) is 26.7 Å². The van der Waals surface area contributed by atoms with E-state index in [4.69, 9.17) is 9.22 Å². The quantitative estimate of drug-likeness (QED) is 0.265. The third-order valence-corrected chi connectivity index (χ3v) is 6.91. The summed E-state index contributed by atoms with van der Waals surface area (Å²) in [5.74, 6) is 0.951. The van der Waals surface area contributed by atoms with Crippen LogP contribution in [0.15, 0.2) is 10.3 Å². The lowest BCUT2D eigenvalue weighted by atomic mass is 10.4. The van der Waals surface area contributed by atoms with Crippen LogP contribution in [-0.4, -0.2) is 31.8 Å². The van der Waals surface area contributed by atoms with Crippen LogP contribution in [-0.2, 0) is 19.1 Å². The zero-order valence-electron chi connectivity index (χ0n) is 11.5. The molecule has 0 aliphatic carbocycles. The molecule has 0 fully saturated rings. The van der Waals surface area contributed by atoms with Crippen molar-refractivity contribution in [2.75, 3.05) is 18.1 Å². The molecular formula is C12H22O4S3. The van der Waals surface area contributed by atoms with Gasteiger partial charge in [0.2, 0.25) is 0 Å². The minimum Gasteiger partial charge on any atom is -0.224 e. The first-order chi connectivity index (χ1) is 9.11. The summed E-state index contributed by atoms with van der Waals surface area (Å²) in [5.41, 5.74) is 0. The fraction of sp³-hybridized carbons (Fsp3) is 0.833. The van der Waals surface area contributed by atoms with Crippen molar-refractivity contribution < 1.29 is 17.6 Å². The van der Waals surface area contributed by atoms with Crippen LogP contribution in [0.5, 0.6) is 0 Å². The smallest absolute Gasteiger partial charge is 0.176 e. The van der Waals surface area contributed by atoms with E-state index in [0.29, 0.717) is 17.9 Å². The van der Waals surface area contributed by atoms with Crippen LogP contribution in [0.4, 0.5) is 0 Å². The van der Waals surface area contributed by atoms with E-state index >= 15 is 0 Å². The molecule has 0 spiro atoms. The molecule has 19 heavy (non-hydrogen) atoms. The second-order valence-electron chi connectivity index (χ2n) is 4.35. The average molecular weight is 327 g/mol. The number of hydrogen-bond acceptors (Lipinski definition) is 6. The summed E-state index contributed by atoms with van der Waals surface area (Å²) in [6.07, 6.45) is 3.57. The van der Waals surface area contributed by atoms with Crippen molar-refractivity contribution in [2.45, 2.75) is 44.8 Å². The highest BCUT2D eigenvalue weighted by atomic mass is 32.2. The molecule has 7 heteroatoms. The van der Waals surface area contributed by atoms with E-state index in [2.05, 4.69) is 6.92 Å². The third-order valence-electron chi connectivity index (χ3n) is 2.67. The van der Waals surface area contributed by atoms with Gasteiger partial charge >= 0.3 is 0 Å². The molecule has 4 nitrogen and oxygen atoms in total. The van der Waals surface area contributed by atoms with Crippen molar-refractivity contribution in [1.82, 2.24) is 0 Å². The Morgan fingerprint density at radius 2 is 2.11 bits per heavy atom. The number of thioether (sulfide) groups is 1. The first kappa shape index (κ1) is 17.4. The van der Waals surface area contributed by atoms with Crippen LogP contribution in [0.2, 0.25) is 0 Å². The summed E-state index contributed by atoms with van der Waals surface area (Å²) >= 11 is 2.63. The summed E-state index contributed by atoms with van der Waals surface area (Å²) in [6, 6.07) is 0. The Hall–Kier alpha value is 0.310.